The lowest BCUT2D eigenvalue weighted by atomic mass is 10.2. The Morgan fingerprint density at radius 2 is 1.89 bits per heavy atom. The Labute approximate surface area is 55.4 Å². The quantitative estimate of drug-likeness (QED) is 0.552. The van der Waals surface area contributed by atoms with Crippen molar-refractivity contribution in [2.24, 2.45) is 17.6 Å². The van der Waals surface area contributed by atoms with Crippen molar-refractivity contribution in [1.82, 2.24) is 0 Å². The molecule has 0 aromatic heterocycles. The smallest absolute Gasteiger partial charge is 0.0578 e. The SMILES string of the molecule is COC1CC2C(N)C2C1. The van der Waals surface area contributed by atoms with Gasteiger partial charge in [-0.1, -0.05) is 0 Å². The number of nitrogens with two attached hydrogens (primary N) is 1. The normalized spacial score (nSPS) is 55.3. The van der Waals surface area contributed by atoms with Crippen molar-refractivity contribution in [3.8, 4) is 0 Å². The predicted molar refractivity (Wildman–Crippen MR) is 35.0 cm³/mol. The van der Waals surface area contributed by atoms with Crippen LogP contribution in [-0.2, 0) is 4.74 Å². The van der Waals surface area contributed by atoms with Gasteiger partial charge in [0.2, 0.25) is 0 Å². The summed E-state index contributed by atoms with van der Waals surface area (Å²) in [5.74, 6) is 1.63. The zero-order chi connectivity index (χ0) is 6.43. The number of hydrogen-bond acceptors (Lipinski definition) is 2. The molecule has 2 unspecified atom stereocenters. The van der Waals surface area contributed by atoms with Crippen LogP contribution in [0.2, 0.25) is 0 Å². The maximum atomic E-state index is 5.73. The lowest BCUT2D eigenvalue weighted by molar-refractivity contribution is 0.0966. The second-order valence-corrected chi connectivity index (χ2v) is 3.23. The number of fused-ring (bicyclic) bond motifs is 1. The van der Waals surface area contributed by atoms with Gasteiger partial charge < -0.3 is 10.5 Å². The topological polar surface area (TPSA) is 35.2 Å². The van der Waals surface area contributed by atoms with Crippen molar-refractivity contribution >= 4 is 0 Å². The molecule has 0 bridgehead atoms. The highest BCUT2D eigenvalue weighted by molar-refractivity contribution is 5.07. The molecule has 0 aromatic rings. The lowest BCUT2D eigenvalue weighted by Gasteiger charge is -2.09. The van der Waals surface area contributed by atoms with Crippen molar-refractivity contribution in [1.29, 1.82) is 0 Å². The molecule has 2 fully saturated rings. The van der Waals surface area contributed by atoms with Crippen LogP contribution in [0.1, 0.15) is 12.8 Å². The summed E-state index contributed by atoms with van der Waals surface area (Å²) in [5, 5.41) is 0. The van der Waals surface area contributed by atoms with Crippen LogP contribution in [0.25, 0.3) is 0 Å². The molecule has 0 radical (unpaired) electrons. The summed E-state index contributed by atoms with van der Waals surface area (Å²) in [6.45, 7) is 0. The van der Waals surface area contributed by atoms with E-state index in [1.165, 1.54) is 12.8 Å². The number of ether oxygens (including phenoxy) is 1. The van der Waals surface area contributed by atoms with Crippen LogP contribution in [0.4, 0.5) is 0 Å². The molecule has 2 aliphatic rings. The Morgan fingerprint density at radius 3 is 2.33 bits per heavy atom. The van der Waals surface area contributed by atoms with E-state index in [0.717, 1.165) is 11.8 Å². The van der Waals surface area contributed by atoms with E-state index in [0.29, 0.717) is 12.1 Å². The monoisotopic (exact) mass is 127 g/mol. The summed E-state index contributed by atoms with van der Waals surface area (Å²) in [5.41, 5.74) is 5.73. The first-order valence-corrected chi connectivity index (χ1v) is 3.61. The maximum absolute atomic E-state index is 5.73. The van der Waals surface area contributed by atoms with Gasteiger partial charge in [0.1, 0.15) is 0 Å². The van der Waals surface area contributed by atoms with Crippen LogP contribution in [0.5, 0.6) is 0 Å². The molecule has 0 saturated heterocycles. The highest BCUT2D eigenvalue weighted by atomic mass is 16.5. The third-order valence-corrected chi connectivity index (χ3v) is 2.80. The average Bonchev–Trinajstić information content (AvgIpc) is 2.32. The highest BCUT2D eigenvalue weighted by Crippen LogP contribution is 2.51. The van der Waals surface area contributed by atoms with E-state index in [2.05, 4.69) is 0 Å². The summed E-state index contributed by atoms with van der Waals surface area (Å²) < 4.78 is 5.20. The van der Waals surface area contributed by atoms with Crippen molar-refractivity contribution in [2.45, 2.75) is 25.0 Å². The largest absolute Gasteiger partial charge is 0.381 e. The van der Waals surface area contributed by atoms with Gasteiger partial charge in [0.05, 0.1) is 6.10 Å². The maximum Gasteiger partial charge on any atom is 0.0578 e. The van der Waals surface area contributed by atoms with Crippen LogP contribution in [0.3, 0.4) is 0 Å². The Kier molecular flexibility index (Phi) is 1.08. The van der Waals surface area contributed by atoms with Gasteiger partial charge >= 0.3 is 0 Å². The minimum atomic E-state index is 0.524. The lowest BCUT2D eigenvalue weighted by Crippen LogP contribution is -2.15. The molecule has 2 heteroatoms. The fraction of sp³-hybridized carbons (Fsp3) is 1.00. The summed E-state index contributed by atoms with van der Waals surface area (Å²) in [6.07, 6.45) is 2.95. The van der Waals surface area contributed by atoms with E-state index in [-0.39, 0.29) is 0 Å². The minimum absolute atomic E-state index is 0.524. The first kappa shape index (κ1) is 5.69. The number of hydrogen-bond donors (Lipinski definition) is 1. The summed E-state index contributed by atoms with van der Waals surface area (Å²) >= 11 is 0. The van der Waals surface area contributed by atoms with Gasteiger partial charge in [0.25, 0.3) is 0 Å². The van der Waals surface area contributed by atoms with Crippen molar-refractivity contribution in [3.63, 3.8) is 0 Å². The Hall–Kier alpha value is -0.0800. The highest BCUT2D eigenvalue weighted by Gasteiger charge is 2.53. The van der Waals surface area contributed by atoms with E-state index in [1.54, 1.807) is 7.11 Å². The predicted octanol–water partition coefficient (Wildman–Crippen LogP) is 0.368. The van der Waals surface area contributed by atoms with Gasteiger partial charge in [-0.05, 0) is 24.7 Å². The number of methoxy groups -OCH3 is 1. The molecule has 0 aliphatic heterocycles. The fourth-order valence-electron chi connectivity index (χ4n) is 2.03. The Morgan fingerprint density at radius 1 is 1.33 bits per heavy atom. The van der Waals surface area contributed by atoms with E-state index >= 15 is 0 Å². The van der Waals surface area contributed by atoms with Crippen LogP contribution in [0, 0.1) is 11.8 Å². The molecule has 0 aromatic carbocycles. The van der Waals surface area contributed by atoms with Crippen LogP contribution in [0.15, 0.2) is 0 Å². The third kappa shape index (κ3) is 0.700. The van der Waals surface area contributed by atoms with Crippen LogP contribution >= 0.6 is 0 Å². The van der Waals surface area contributed by atoms with E-state index in [1.807, 2.05) is 0 Å². The zero-order valence-electron chi connectivity index (χ0n) is 5.71. The molecule has 2 nitrogen and oxygen atoms in total. The summed E-state index contributed by atoms with van der Waals surface area (Å²) in [7, 11) is 1.79. The van der Waals surface area contributed by atoms with Gasteiger partial charge in [-0.25, -0.2) is 0 Å². The first-order valence-electron chi connectivity index (χ1n) is 3.61. The Balaban J connectivity index is 1.89. The summed E-state index contributed by atoms with van der Waals surface area (Å²) in [6, 6.07) is 0.524. The van der Waals surface area contributed by atoms with Crippen molar-refractivity contribution < 1.29 is 4.74 Å². The molecular weight excluding hydrogens is 114 g/mol. The Bertz CT molecular complexity index is 114. The van der Waals surface area contributed by atoms with Gasteiger partial charge in [-0.2, -0.15) is 0 Å². The standard InChI is InChI=1S/C7H13NO/c1-9-4-2-5-6(3-4)7(5)8/h4-7H,2-3,8H2,1H3. The number of rotatable bonds is 1. The van der Waals surface area contributed by atoms with E-state index < -0.39 is 0 Å². The fourth-order valence-corrected chi connectivity index (χ4v) is 2.03. The van der Waals surface area contributed by atoms with E-state index in [4.69, 9.17) is 10.5 Å². The summed E-state index contributed by atoms with van der Waals surface area (Å²) in [4.78, 5) is 0. The molecule has 52 valence electrons. The van der Waals surface area contributed by atoms with Crippen LogP contribution in [-0.4, -0.2) is 19.3 Å². The molecule has 2 atom stereocenters. The van der Waals surface area contributed by atoms with Gasteiger partial charge in [-0.3, -0.25) is 0 Å². The molecule has 2 N–H and O–H groups in total. The minimum Gasteiger partial charge on any atom is -0.381 e. The van der Waals surface area contributed by atoms with Gasteiger partial charge in [-0.15, -0.1) is 0 Å². The van der Waals surface area contributed by atoms with Crippen molar-refractivity contribution in [2.75, 3.05) is 7.11 Å². The third-order valence-electron chi connectivity index (χ3n) is 2.80. The molecule has 0 amide bonds. The molecule has 2 saturated carbocycles. The zero-order valence-corrected chi connectivity index (χ0v) is 5.71. The molecule has 2 rings (SSSR count). The van der Waals surface area contributed by atoms with Crippen LogP contribution < -0.4 is 5.73 Å². The van der Waals surface area contributed by atoms with Gasteiger partial charge in [0.15, 0.2) is 0 Å². The first-order chi connectivity index (χ1) is 4.33. The molecule has 0 spiro atoms. The molecule has 9 heavy (non-hydrogen) atoms. The molecule has 2 aliphatic carbocycles. The molecule has 0 heterocycles. The second kappa shape index (κ2) is 1.70. The second-order valence-electron chi connectivity index (χ2n) is 3.23. The van der Waals surface area contributed by atoms with Gasteiger partial charge in [0, 0.05) is 13.2 Å². The van der Waals surface area contributed by atoms with Crippen molar-refractivity contribution in [3.05, 3.63) is 0 Å². The van der Waals surface area contributed by atoms with E-state index in [9.17, 15) is 0 Å². The average molecular weight is 127 g/mol. The molecular formula is C7H13NO.